The molecule has 0 aliphatic carbocycles. The van der Waals surface area contributed by atoms with Gasteiger partial charge in [0.25, 0.3) is 0 Å². The Morgan fingerprint density at radius 3 is 2.67 bits per heavy atom. The molecular formula is C15H20N2O3S. The molecule has 0 saturated carbocycles. The van der Waals surface area contributed by atoms with Crippen molar-refractivity contribution in [1.82, 2.24) is 10.2 Å². The zero-order chi connectivity index (χ0) is 15.4. The molecule has 1 aliphatic rings. The zero-order valence-electron chi connectivity index (χ0n) is 12.2. The summed E-state index contributed by atoms with van der Waals surface area (Å²) in [6, 6.07) is 8.42. The quantitative estimate of drug-likeness (QED) is 0.897. The molecule has 1 aromatic carbocycles. The van der Waals surface area contributed by atoms with Crippen LogP contribution in [0, 0.1) is 0 Å². The Bertz CT molecular complexity index is 509. The highest BCUT2D eigenvalue weighted by molar-refractivity contribution is 8.00. The van der Waals surface area contributed by atoms with E-state index in [0.29, 0.717) is 5.75 Å². The first-order chi connectivity index (χ1) is 10.0. The lowest BCUT2D eigenvalue weighted by Gasteiger charge is -2.28. The summed E-state index contributed by atoms with van der Waals surface area (Å²) in [7, 11) is 0. The summed E-state index contributed by atoms with van der Waals surface area (Å²) in [5, 5.41) is 12.1. The molecule has 3 unspecified atom stereocenters. The second-order valence-corrected chi connectivity index (χ2v) is 6.25. The molecule has 0 spiro atoms. The Balaban J connectivity index is 2.08. The van der Waals surface area contributed by atoms with E-state index in [1.807, 2.05) is 44.2 Å². The Morgan fingerprint density at radius 2 is 2.10 bits per heavy atom. The minimum atomic E-state index is -0.944. The first-order valence-electron chi connectivity index (χ1n) is 7.02. The highest BCUT2D eigenvalue weighted by Crippen LogP contribution is 2.31. The van der Waals surface area contributed by atoms with Gasteiger partial charge in [0, 0.05) is 5.75 Å². The highest BCUT2D eigenvalue weighted by atomic mass is 32.2. The fraction of sp³-hybridized carbons (Fsp3) is 0.467. The SMILES string of the molecule is CCC1SCC(C(=O)O)N1C(=O)NC(C)c1ccccc1. The van der Waals surface area contributed by atoms with E-state index in [1.165, 1.54) is 16.7 Å². The molecule has 1 aromatic rings. The molecule has 6 heteroatoms. The van der Waals surface area contributed by atoms with Gasteiger partial charge in [0.05, 0.1) is 11.4 Å². The first kappa shape index (κ1) is 15.7. The van der Waals surface area contributed by atoms with Crippen molar-refractivity contribution in [2.75, 3.05) is 5.75 Å². The number of hydrogen-bond acceptors (Lipinski definition) is 3. The molecule has 0 bridgehead atoms. The Kier molecular flexibility index (Phi) is 5.12. The highest BCUT2D eigenvalue weighted by Gasteiger charge is 2.41. The summed E-state index contributed by atoms with van der Waals surface area (Å²) in [5.41, 5.74) is 0.998. The zero-order valence-corrected chi connectivity index (χ0v) is 13.0. The van der Waals surface area contributed by atoms with Gasteiger partial charge < -0.3 is 10.4 Å². The number of thioether (sulfide) groups is 1. The van der Waals surface area contributed by atoms with E-state index in [1.54, 1.807) is 0 Å². The van der Waals surface area contributed by atoms with Gasteiger partial charge in [-0.1, -0.05) is 37.3 Å². The van der Waals surface area contributed by atoms with Gasteiger partial charge >= 0.3 is 12.0 Å². The molecule has 114 valence electrons. The predicted octanol–water partition coefficient (Wildman–Crippen LogP) is 2.70. The molecule has 1 fully saturated rings. The van der Waals surface area contributed by atoms with Gasteiger partial charge in [0.1, 0.15) is 6.04 Å². The molecule has 1 aliphatic heterocycles. The number of aliphatic carboxylic acids is 1. The number of rotatable bonds is 4. The van der Waals surface area contributed by atoms with E-state index >= 15 is 0 Å². The van der Waals surface area contributed by atoms with Crippen LogP contribution in [0.4, 0.5) is 4.79 Å². The summed E-state index contributed by atoms with van der Waals surface area (Å²) in [6.07, 6.45) is 0.738. The molecule has 2 amide bonds. The van der Waals surface area contributed by atoms with Crippen LogP contribution in [-0.4, -0.2) is 39.2 Å². The number of benzene rings is 1. The molecule has 5 nitrogen and oxygen atoms in total. The van der Waals surface area contributed by atoms with E-state index in [2.05, 4.69) is 5.32 Å². The number of carbonyl (C=O) groups excluding carboxylic acids is 1. The van der Waals surface area contributed by atoms with Gasteiger partial charge in [-0.2, -0.15) is 0 Å². The average Bonchev–Trinajstić information content (AvgIpc) is 2.92. The second-order valence-electron chi connectivity index (χ2n) is 5.04. The van der Waals surface area contributed by atoms with Gasteiger partial charge in [-0.3, -0.25) is 4.90 Å². The molecule has 1 heterocycles. The molecule has 1 saturated heterocycles. The topological polar surface area (TPSA) is 69.6 Å². The minimum absolute atomic E-state index is 0.0749. The van der Waals surface area contributed by atoms with Crippen molar-refractivity contribution in [1.29, 1.82) is 0 Å². The summed E-state index contributed by atoms with van der Waals surface area (Å²) in [5.74, 6) is -0.498. The first-order valence-corrected chi connectivity index (χ1v) is 8.07. The minimum Gasteiger partial charge on any atom is -0.480 e. The van der Waals surface area contributed by atoms with Crippen molar-refractivity contribution in [3.05, 3.63) is 35.9 Å². The normalized spacial score (nSPS) is 22.9. The van der Waals surface area contributed by atoms with Gasteiger partial charge in [0.2, 0.25) is 0 Å². The van der Waals surface area contributed by atoms with Crippen LogP contribution in [0.5, 0.6) is 0 Å². The van der Waals surface area contributed by atoms with Gasteiger partial charge in [-0.25, -0.2) is 9.59 Å². The van der Waals surface area contributed by atoms with E-state index in [4.69, 9.17) is 0 Å². The monoisotopic (exact) mass is 308 g/mol. The van der Waals surface area contributed by atoms with E-state index in [0.717, 1.165) is 12.0 Å². The number of carboxylic acids is 1. The third kappa shape index (κ3) is 3.50. The van der Waals surface area contributed by atoms with E-state index in [-0.39, 0.29) is 17.4 Å². The number of urea groups is 1. The molecule has 0 radical (unpaired) electrons. The number of carbonyl (C=O) groups is 2. The van der Waals surface area contributed by atoms with Gasteiger partial charge in [-0.15, -0.1) is 11.8 Å². The molecule has 21 heavy (non-hydrogen) atoms. The number of nitrogens with one attached hydrogen (secondary N) is 1. The van der Waals surface area contributed by atoms with Crippen LogP contribution in [0.3, 0.4) is 0 Å². The Hall–Kier alpha value is -1.69. The third-order valence-electron chi connectivity index (χ3n) is 3.60. The average molecular weight is 308 g/mol. The lowest BCUT2D eigenvalue weighted by molar-refractivity contribution is -0.141. The van der Waals surface area contributed by atoms with Crippen LogP contribution in [0.15, 0.2) is 30.3 Å². The molecule has 3 atom stereocenters. The van der Waals surface area contributed by atoms with Crippen molar-refractivity contribution < 1.29 is 14.7 Å². The molecule has 0 aromatic heterocycles. The number of amides is 2. The van der Waals surface area contributed by atoms with Crippen molar-refractivity contribution in [2.24, 2.45) is 0 Å². The van der Waals surface area contributed by atoms with Crippen LogP contribution in [-0.2, 0) is 4.79 Å². The third-order valence-corrected chi connectivity index (χ3v) is 5.05. The van der Waals surface area contributed by atoms with Crippen LogP contribution < -0.4 is 5.32 Å². The maximum absolute atomic E-state index is 12.5. The lowest BCUT2D eigenvalue weighted by atomic mass is 10.1. The summed E-state index contributed by atoms with van der Waals surface area (Å²) in [4.78, 5) is 25.2. The maximum Gasteiger partial charge on any atom is 0.327 e. The fourth-order valence-electron chi connectivity index (χ4n) is 2.43. The number of carboxylic acid groups (broad SMARTS) is 1. The summed E-state index contributed by atoms with van der Waals surface area (Å²) in [6.45, 7) is 3.86. The summed E-state index contributed by atoms with van der Waals surface area (Å²) < 4.78 is 0. The van der Waals surface area contributed by atoms with Crippen molar-refractivity contribution >= 4 is 23.8 Å². The van der Waals surface area contributed by atoms with Gasteiger partial charge in [-0.05, 0) is 18.9 Å². The smallest absolute Gasteiger partial charge is 0.327 e. The maximum atomic E-state index is 12.5. The summed E-state index contributed by atoms with van der Waals surface area (Å²) >= 11 is 1.52. The van der Waals surface area contributed by atoms with Crippen LogP contribution in [0.1, 0.15) is 31.9 Å². The second kappa shape index (κ2) is 6.85. The van der Waals surface area contributed by atoms with Gasteiger partial charge in [0.15, 0.2) is 0 Å². The van der Waals surface area contributed by atoms with E-state index < -0.39 is 12.0 Å². The van der Waals surface area contributed by atoms with Crippen molar-refractivity contribution in [3.63, 3.8) is 0 Å². The predicted molar refractivity (Wildman–Crippen MR) is 83.2 cm³/mol. The molecular weight excluding hydrogens is 288 g/mol. The largest absolute Gasteiger partial charge is 0.480 e. The van der Waals surface area contributed by atoms with Crippen LogP contribution in [0.2, 0.25) is 0 Å². The fourth-order valence-corrected chi connectivity index (χ4v) is 3.77. The molecule has 2 N–H and O–H groups in total. The van der Waals surface area contributed by atoms with Crippen LogP contribution >= 0.6 is 11.8 Å². The standard InChI is InChI=1S/C15H20N2O3S/c1-3-13-17(12(9-21-13)14(18)19)15(20)16-10(2)11-7-5-4-6-8-11/h4-8,10,12-13H,3,9H2,1-2H3,(H,16,20)(H,18,19). The lowest BCUT2D eigenvalue weighted by Crippen LogP contribution is -2.50. The number of hydrogen-bond donors (Lipinski definition) is 2. The van der Waals surface area contributed by atoms with Crippen LogP contribution in [0.25, 0.3) is 0 Å². The number of nitrogens with zero attached hydrogens (tertiary/aromatic N) is 1. The molecule has 2 rings (SSSR count). The van der Waals surface area contributed by atoms with E-state index in [9.17, 15) is 14.7 Å². The Labute approximate surface area is 128 Å². The van der Waals surface area contributed by atoms with Crippen molar-refractivity contribution in [2.45, 2.75) is 37.7 Å². The Morgan fingerprint density at radius 1 is 1.43 bits per heavy atom. The van der Waals surface area contributed by atoms with Crippen molar-refractivity contribution in [3.8, 4) is 0 Å².